The van der Waals surface area contributed by atoms with Crippen molar-refractivity contribution in [3.63, 3.8) is 0 Å². The Balaban J connectivity index is 1.64. The Morgan fingerprint density at radius 3 is 2.68 bits per heavy atom. The molecule has 0 saturated heterocycles. The molecule has 160 valence electrons. The number of anilines is 2. The number of amides is 1. The second-order valence-corrected chi connectivity index (χ2v) is 6.66. The number of halogens is 5. The molecule has 3 aromatic rings. The van der Waals surface area contributed by atoms with Gasteiger partial charge >= 0.3 is 6.18 Å². The summed E-state index contributed by atoms with van der Waals surface area (Å²) in [5, 5.41) is 11.4. The molecule has 1 aliphatic rings. The summed E-state index contributed by atoms with van der Waals surface area (Å²) in [5.74, 6) is -1.58. The van der Waals surface area contributed by atoms with Gasteiger partial charge in [0.2, 0.25) is 0 Å². The largest absolute Gasteiger partial charge is 0.434 e. The lowest BCUT2D eigenvalue weighted by Gasteiger charge is -2.15. The van der Waals surface area contributed by atoms with E-state index in [-0.39, 0.29) is 22.2 Å². The molecule has 1 aromatic carbocycles. The number of carbonyl (C=O) groups is 1. The Hall–Kier alpha value is -3.51. The van der Waals surface area contributed by atoms with Crippen molar-refractivity contribution in [3.05, 3.63) is 64.8 Å². The average molecular weight is 454 g/mol. The number of benzene rings is 1. The minimum absolute atomic E-state index is 0.0635. The number of rotatable bonds is 4. The number of nitrogens with one attached hydrogen (secondary N) is 2. The van der Waals surface area contributed by atoms with E-state index in [1.165, 1.54) is 29.5 Å². The van der Waals surface area contributed by atoms with Crippen LogP contribution in [0.3, 0.4) is 0 Å². The van der Waals surface area contributed by atoms with Gasteiger partial charge in [0.15, 0.2) is 11.5 Å². The summed E-state index contributed by atoms with van der Waals surface area (Å²) in [6.07, 6.45) is -1.37. The summed E-state index contributed by atoms with van der Waals surface area (Å²) in [6, 6.07) is 5.76. The molecular formula is C18H12ClF4N7O. The van der Waals surface area contributed by atoms with E-state index >= 15 is 0 Å². The fraction of sp³-hybridized carbons (Fsp3) is 0.111. The van der Waals surface area contributed by atoms with Gasteiger partial charge in [0.1, 0.15) is 5.82 Å². The molecule has 0 saturated carbocycles. The van der Waals surface area contributed by atoms with E-state index in [1.54, 1.807) is 6.21 Å². The van der Waals surface area contributed by atoms with Crippen LogP contribution in [0.25, 0.3) is 5.69 Å². The zero-order chi connectivity index (χ0) is 22.2. The SMILES string of the molecule is O=C(Nc1cnc(N2N=CCN2)c(Cl)c1)c1cnn(-c2cccc(F)c2)c1C(F)(F)F. The molecule has 3 heterocycles. The number of pyridine rings is 1. The van der Waals surface area contributed by atoms with Crippen LogP contribution in [-0.4, -0.2) is 33.4 Å². The minimum Gasteiger partial charge on any atom is -0.320 e. The first-order chi connectivity index (χ1) is 14.7. The van der Waals surface area contributed by atoms with Crippen molar-refractivity contribution in [3.8, 4) is 5.69 Å². The number of hydrazone groups is 1. The zero-order valence-electron chi connectivity index (χ0n) is 15.4. The lowest BCUT2D eigenvalue weighted by Crippen LogP contribution is -2.29. The molecule has 1 amide bonds. The first kappa shape index (κ1) is 20.8. The highest BCUT2D eigenvalue weighted by Gasteiger charge is 2.40. The van der Waals surface area contributed by atoms with Crippen LogP contribution in [0.1, 0.15) is 16.1 Å². The molecule has 13 heteroatoms. The second kappa shape index (κ2) is 7.96. The van der Waals surface area contributed by atoms with Gasteiger partial charge in [-0.2, -0.15) is 28.5 Å². The fourth-order valence-corrected chi connectivity index (χ4v) is 3.11. The van der Waals surface area contributed by atoms with Gasteiger partial charge in [-0.05, 0) is 24.3 Å². The van der Waals surface area contributed by atoms with Crippen molar-refractivity contribution in [1.29, 1.82) is 0 Å². The molecule has 0 atom stereocenters. The van der Waals surface area contributed by atoms with Crippen molar-refractivity contribution in [2.75, 3.05) is 17.0 Å². The molecule has 2 aromatic heterocycles. The lowest BCUT2D eigenvalue weighted by molar-refractivity contribution is -0.143. The van der Waals surface area contributed by atoms with Crippen molar-refractivity contribution in [2.24, 2.45) is 5.10 Å². The Labute approximate surface area is 177 Å². The molecular weight excluding hydrogens is 442 g/mol. The molecule has 4 rings (SSSR count). The summed E-state index contributed by atoms with van der Waals surface area (Å²) in [5.41, 5.74) is 0.649. The standard InChI is InChI=1S/C18H12ClF4N7O/c19-14-7-11(8-24-16(14)30-25-4-5-26-30)28-17(31)13-9-27-29(15(13)18(21,22)23)12-3-1-2-10(20)6-12/h1-4,6-9,26H,5H2,(H,28,31). The number of carbonyl (C=O) groups excluding carboxylic acids is 1. The van der Waals surface area contributed by atoms with Crippen molar-refractivity contribution >= 4 is 35.2 Å². The van der Waals surface area contributed by atoms with Gasteiger partial charge in [0, 0.05) is 6.21 Å². The smallest absolute Gasteiger partial charge is 0.320 e. The number of alkyl halides is 3. The van der Waals surface area contributed by atoms with Crippen LogP contribution in [-0.2, 0) is 6.18 Å². The van der Waals surface area contributed by atoms with E-state index < -0.39 is 29.2 Å². The highest BCUT2D eigenvalue weighted by Crippen LogP contribution is 2.34. The molecule has 8 nitrogen and oxygen atoms in total. The molecule has 0 spiro atoms. The second-order valence-electron chi connectivity index (χ2n) is 6.25. The van der Waals surface area contributed by atoms with E-state index in [2.05, 4.69) is 25.9 Å². The zero-order valence-corrected chi connectivity index (χ0v) is 16.1. The van der Waals surface area contributed by atoms with Gasteiger partial charge in [-0.3, -0.25) is 4.79 Å². The Kier molecular flexibility index (Phi) is 5.33. The van der Waals surface area contributed by atoms with E-state index in [0.29, 0.717) is 11.2 Å². The van der Waals surface area contributed by atoms with Gasteiger partial charge in [-0.1, -0.05) is 17.7 Å². The van der Waals surface area contributed by atoms with E-state index in [1.807, 2.05) is 0 Å². The van der Waals surface area contributed by atoms with Crippen LogP contribution >= 0.6 is 11.6 Å². The summed E-state index contributed by atoms with van der Waals surface area (Å²) in [7, 11) is 0. The Bertz CT molecular complexity index is 1180. The van der Waals surface area contributed by atoms with Crippen LogP contribution in [0.4, 0.5) is 29.1 Å². The highest BCUT2D eigenvalue weighted by molar-refractivity contribution is 6.33. The van der Waals surface area contributed by atoms with Gasteiger partial charge in [0.25, 0.3) is 5.91 Å². The van der Waals surface area contributed by atoms with Gasteiger partial charge in [-0.15, -0.1) is 0 Å². The van der Waals surface area contributed by atoms with Gasteiger partial charge in [0.05, 0.1) is 40.9 Å². The van der Waals surface area contributed by atoms with E-state index in [4.69, 9.17) is 11.6 Å². The maximum Gasteiger partial charge on any atom is 0.434 e. The number of nitrogens with zero attached hydrogens (tertiary/aromatic N) is 5. The molecule has 2 N–H and O–H groups in total. The number of hydrazine groups is 1. The Morgan fingerprint density at radius 1 is 1.23 bits per heavy atom. The maximum atomic E-state index is 13.7. The summed E-state index contributed by atoms with van der Waals surface area (Å²) < 4.78 is 55.1. The summed E-state index contributed by atoms with van der Waals surface area (Å²) >= 11 is 6.14. The van der Waals surface area contributed by atoms with Crippen molar-refractivity contribution in [1.82, 2.24) is 20.2 Å². The van der Waals surface area contributed by atoms with Gasteiger partial charge < -0.3 is 5.32 Å². The number of hydrogen-bond acceptors (Lipinski definition) is 6. The molecule has 0 unspecified atom stereocenters. The van der Waals surface area contributed by atoms with Crippen LogP contribution < -0.4 is 15.9 Å². The van der Waals surface area contributed by atoms with Crippen LogP contribution in [0, 0.1) is 5.82 Å². The van der Waals surface area contributed by atoms with Crippen molar-refractivity contribution in [2.45, 2.75) is 6.18 Å². The van der Waals surface area contributed by atoms with Crippen LogP contribution in [0.15, 0.2) is 47.8 Å². The third-order valence-corrected chi connectivity index (χ3v) is 4.42. The molecule has 0 fully saturated rings. The van der Waals surface area contributed by atoms with Gasteiger partial charge in [-0.25, -0.2) is 19.5 Å². The molecule has 0 aliphatic carbocycles. The normalized spacial score (nSPS) is 13.6. The molecule has 1 aliphatic heterocycles. The van der Waals surface area contributed by atoms with Crippen LogP contribution in [0.2, 0.25) is 5.02 Å². The first-order valence-corrected chi connectivity index (χ1v) is 9.06. The quantitative estimate of drug-likeness (QED) is 0.589. The predicted molar refractivity (Wildman–Crippen MR) is 105 cm³/mol. The van der Waals surface area contributed by atoms with Crippen molar-refractivity contribution < 1.29 is 22.4 Å². The molecule has 0 radical (unpaired) electrons. The number of hydrogen-bond donors (Lipinski definition) is 2. The van der Waals surface area contributed by atoms with E-state index in [0.717, 1.165) is 18.3 Å². The molecule has 31 heavy (non-hydrogen) atoms. The fourth-order valence-electron chi connectivity index (χ4n) is 2.86. The average Bonchev–Trinajstić information content (AvgIpc) is 3.38. The first-order valence-electron chi connectivity index (χ1n) is 8.68. The summed E-state index contributed by atoms with van der Waals surface area (Å²) in [4.78, 5) is 16.6. The Morgan fingerprint density at radius 2 is 2.03 bits per heavy atom. The monoisotopic (exact) mass is 453 g/mol. The minimum atomic E-state index is -4.94. The topological polar surface area (TPSA) is 87.4 Å². The third kappa shape index (κ3) is 4.20. The summed E-state index contributed by atoms with van der Waals surface area (Å²) in [6.45, 7) is 0.478. The molecule has 0 bridgehead atoms. The number of aromatic nitrogens is 3. The third-order valence-electron chi connectivity index (χ3n) is 4.14. The maximum absolute atomic E-state index is 13.7. The van der Waals surface area contributed by atoms with E-state index in [9.17, 15) is 22.4 Å². The lowest BCUT2D eigenvalue weighted by atomic mass is 10.2. The predicted octanol–water partition coefficient (Wildman–Crippen LogP) is 3.64. The van der Waals surface area contributed by atoms with Crippen LogP contribution in [0.5, 0.6) is 0 Å². The highest BCUT2D eigenvalue weighted by atomic mass is 35.5.